The fourth-order valence-electron chi connectivity index (χ4n) is 4.92. The van der Waals surface area contributed by atoms with Crippen molar-refractivity contribution in [1.29, 1.82) is 0 Å². The first kappa shape index (κ1) is 42.3. The molecule has 0 aliphatic heterocycles. The van der Waals surface area contributed by atoms with Crippen molar-refractivity contribution in [2.45, 2.75) is 148 Å². The van der Waals surface area contributed by atoms with Gasteiger partial charge in [-0.1, -0.05) is 138 Å². The van der Waals surface area contributed by atoms with E-state index in [-0.39, 0.29) is 6.10 Å². The third-order valence-corrected chi connectivity index (χ3v) is 7.46. The van der Waals surface area contributed by atoms with E-state index in [2.05, 4.69) is 106 Å². The second-order valence-electron chi connectivity index (χ2n) is 12.2. The summed E-state index contributed by atoms with van der Waals surface area (Å²) in [5.74, 6) is 0. The first-order valence-corrected chi connectivity index (χ1v) is 18.4. The fraction of sp³-hybridized carbons (Fsp3) is 0.707. The highest BCUT2D eigenvalue weighted by molar-refractivity contribution is 4.98. The molecule has 0 saturated carbocycles. The van der Waals surface area contributed by atoms with Crippen molar-refractivity contribution in [3.8, 4) is 0 Å². The first-order chi connectivity index (χ1) is 21.7. The zero-order valence-electron chi connectivity index (χ0n) is 29.7. The quantitative estimate of drug-likeness (QED) is 0.0544. The molecule has 3 heteroatoms. The summed E-state index contributed by atoms with van der Waals surface area (Å²) in [7, 11) is 4.24. The van der Waals surface area contributed by atoms with Crippen molar-refractivity contribution in [2.24, 2.45) is 0 Å². The fourth-order valence-corrected chi connectivity index (χ4v) is 4.92. The first-order valence-electron chi connectivity index (χ1n) is 18.4. The molecule has 0 aromatic rings. The van der Waals surface area contributed by atoms with Crippen molar-refractivity contribution >= 4 is 0 Å². The number of allylic oxidation sites excluding steroid dienone is 12. The van der Waals surface area contributed by atoms with Gasteiger partial charge < -0.3 is 14.4 Å². The van der Waals surface area contributed by atoms with Gasteiger partial charge in [-0.3, -0.25) is 0 Å². The largest absolute Gasteiger partial charge is 0.379 e. The monoisotopic (exact) mass is 612 g/mol. The Hall–Kier alpha value is -1.68. The SMILES string of the molecule is CC/C=C\C/C=C\C/C=C\CCCCCCCCOCC(CN(C)C)OCCCCCCCC/C=C\C/C=C\C/C=C\CC. The lowest BCUT2D eigenvalue weighted by Gasteiger charge is -2.21. The van der Waals surface area contributed by atoms with Crippen LogP contribution in [0.5, 0.6) is 0 Å². The van der Waals surface area contributed by atoms with E-state index in [1.165, 1.54) is 77.0 Å². The van der Waals surface area contributed by atoms with Crippen molar-refractivity contribution in [1.82, 2.24) is 4.90 Å². The Morgan fingerprint density at radius 3 is 1.30 bits per heavy atom. The van der Waals surface area contributed by atoms with Crippen LogP contribution >= 0.6 is 0 Å². The summed E-state index contributed by atoms with van der Waals surface area (Å²) in [5.41, 5.74) is 0. The summed E-state index contributed by atoms with van der Waals surface area (Å²) < 4.78 is 12.2. The van der Waals surface area contributed by atoms with Gasteiger partial charge in [0.05, 0.1) is 12.7 Å². The minimum atomic E-state index is 0.181. The van der Waals surface area contributed by atoms with Crippen LogP contribution in [0.3, 0.4) is 0 Å². The Bertz CT molecular complexity index is 731. The number of likely N-dealkylation sites (N-methyl/N-ethyl adjacent to an activating group) is 1. The molecule has 0 saturated heterocycles. The molecule has 0 N–H and O–H groups in total. The highest BCUT2D eigenvalue weighted by atomic mass is 16.5. The average molecular weight is 612 g/mol. The second kappa shape index (κ2) is 37.5. The molecule has 0 amide bonds. The van der Waals surface area contributed by atoms with E-state index >= 15 is 0 Å². The summed E-state index contributed by atoms with van der Waals surface area (Å²) in [6.45, 7) is 7.72. The van der Waals surface area contributed by atoms with Gasteiger partial charge in [-0.2, -0.15) is 0 Å². The standard InChI is InChI=1S/C41H73NO2/c1-5-7-9-11-13-15-17-19-21-23-25-27-29-31-33-35-37-43-40-41(39-42(3)4)44-38-36-34-32-30-28-26-24-22-20-18-16-14-12-10-8-6-2/h7-10,13-16,19-22,41H,5-6,11-12,17-18,23-40H2,1-4H3/b9-7-,10-8-,15-13-,16-14-,21-19-,22-20-. The molecule has 1 atom stereocenters. The lowest BCUT2D eigenvalue weighted by molar-refractivity contribution is -0.0287. The van der Waals surface area contributed by atoms with Crippen LogP contribution in [0.15, 0.2) is 72.9 Å². The van der Waals surface area contributed by atoms with Crippen LogP contribution in [0.4, 0.5) is 0 Å². The normalized spacial score (nSPS) is 13.6. The average Bonchev–Trinajstić information content (AvgIpc) is 3.01. The highest BCUT2D eigenvalue weighted by Gasteiger charge is 2.10. The molecule has 44 heavy (non-hydrogen) atoms. The Morgan fingerprint density at radius 2 is 0.841 bits per heavy atom. The molecule has 0 aliphatic rings. The predicted molar refractivity (Wildman–Crippen MR) is 198 cm³/mol. The maximum atomic E-state index is 6.21. The van der Waals surface area contributed by atoms with Crippen LogP contribution in [0.2, 0.25) is 0 Å². The minimum Gasteiger partial charge on any atom is -0.379 e. The molecule has 0 aromatic carbocycles. The van der Waals surface area contributed by atoms with Crippen molar-refractivity contribution in [2.75, 3.05) is 40.5 Å². The summed E-state index contributed by atoms with van der Waals surface area (Å²) >= 11 is 0. The lowest BCUT2D eigenvalue weighted by atomic mass is 10.1. The van der Waals surface area contributed by atoms with Crippen LogP contribution in [-0.4, -0.2) is 51.5 Å². The van der Waals surface area contributed by atoms with Crippen LogP contribution in [0.1, 0.15) is 142 Å². The van der Waals surface area contributed by atoms with Gasteiger partial charge in [0.2, 0.25) is 0 Å². The molecule has 3 nitrogen and oxygen atoms in total. The Morgan fingerprint density at radius 1 is 0.455 bits per heavy atom. The van der Waals surface area contributed by atoms with Crippen molar-refractivity contribution in [3.05, 3.63) is 72.9 Å². The molecule has 0 spiro atoms. The molecule has 0 rings (SSSR count). The van der Waals surface area contributed by atoms with E-state index < -0.39 is 0 Å². The maximum Gasteiger partial charge on any atom is 0.0934 e. The van der Waals surface area contributed by atoms with E-state index in [4.69, 9.17) is 9.47 Å². The zero-order valence-corrected chi connectivity index (χ0v) is 29.7. The molecule has 0 fully saturated rings. The number of hydrogen-bond acceptors (Lipinski definition) is 3. The smallest absolute Gasteiger partial charge is 0.0934 e. The predicted octanol–water partition coefficient (Wildman–Crippen LogP) is 12.1. The van der Waals surface area contributed by atoms with Crippen LogP contribution in [0.25, 0.3) is 0 Å². The van der Waals surface area contributed by atoms with Gasteiger partial charge in [-0.05, 0) is 91.1 Å². The van der Waals surface area contributed by atoms with Gasteiger partial charge in [0.15, 0.2) is 0 Å². The maximum absolute atomic E-state index is 6.21. The Balaban J connectivity index is 3.61. The highest BCUT2D eigenvalue weighted by Crippen LogP contribution is 2.10. The molecule has 1 unspecified atom stereocenters. The van der Waals surface area contributed by atoms with E-state index in [1.54, 1.807) is 0 Å². The van der Waals surface area contributed by atoms with Crippen LogP contribution < -0.4 is 0 Å². The van der Waals surface area contributed by atoms with Crippen LogP contribution in [0, 0.1) is 0 Å². The number of unbranched alkanes of at least 4 members (excludes halogenated alkanes) is 12. The van der Waals surface area contributed by atoms with E-state index in [1.807, 2.05) is 0 Å². The van der Waals surface area contributed by atoms with Gasteiger partial charge in [0.1, 0.15) is 0 Å². The van der Waals surface area contributed by atoms with E-state index in [0.717, 1.165) is 71.1 Å². The third-order valence-electron chi connectivity index (χ3n) is 7.46. The van der Waals surface area contributed by atoms with Crippen LogP contribution in [-0.2, 0) is 9.47 Å². The molecule has 254 valence electrons. The molecule has 0 aromatic heterocycles. The number of ether oxygens (including phenoxy) is 2. The number of rotatable bonds is 33. The zero-order chi connectivity index (χ0) is 32.0. The summed E-state index contributed by atoms with van der Waals surface area (Å²) in [6, 6.07) is 0. The molecule has 0 heterocycles. The summed E-state index contributed by atoms with van der Waals surface area (Å²) in [6.07, 6.45) is 51.9. The van der Waals surface area contributed by atoms with Gasteiger partial charge in [-0.25, -0.2) is 0 Å². The Kier molecular flexibility index (Phi) is 36.1. The third kappa shape index (κ3) is 36.5. The lowest BCUT2D eigenvalue weighted by Crippen LogP contribution is -2.32. The molecular weight excluding hydrogens is 538 g/mol. The second-order valence-corrected chi connectivity index (χ2v) is 12.2. The van der Waals surface area contributed by atoms with E-state index in [0.29, 0.717) is 6.61 Å². The van der Waals surface area contributed by atoms with Gasteiger partial charge in [-0.15, -0.1) is 0 Å². The molecule has 0 aliphatic carbocycles. The molecule has 0 bridgehead atoms. The van der Waals surface area contributed by atoms with Crippen molar-refractivity contribution < 1.29 is 9.47 Å². The summed E-state index contributed by atoms with van der Waals surface area (Å²) in [4.78, 5) is 2.21. The number of nitrogens with zero attached hydrogens (tertiary/aromatic N) is 1. The van der Waals surface area contributed by atoms with Crippen molar-refractivity contribution in [3.63, 3.8) is 0 Å². The van der Waals surface area contributed by atoms with E-state index in [9.17, 15) is 0 Å². The van der Waals surface area contributed by atoms with Gasteiger partial charge >= 0.3 is 0 Å². The summed E-state index contributed by atoms with van der Waals surface area (Å²) in [5, 5.41) is 0. The topological polar surface area (TPSA) is 21.7 Å². The van der Waals surface area contributed by atoms with Gasteiger partial charge in [0.25, 0.3) is 0 Å². The van der Waals surface area contributed by atoms with Gasteiger partial charge in [0, 0.05) is 19.8 Å². The minimum absolute atomic E-state index is 0.181. The number of hydrogen-bond donors (Lipinski definition) is 0. The molecular formula is C41H73NO2. The molecule has 0 radical (unpaired) electrons. The Labute approximate surface area is 275 Å².